The molecular weight excluding hydrogens is 305 g/mol. The summed E-state index contributed by atoms with van der Waals surface area (Å²) in [5, 5.41) is 13.1. The average molecular weight is 317 g/mol. The van der Waals surface area contributed by atoms with Crippen LogP contribution in [0.1, 0.15) is 20.8 Å². The number of hydrogen-bond donors (Lipinski definition) is 2. The first kappa shape index (κ1) is 14.4. The van der Waals surface area contributed by atoms with Crippen LogP contribution >= 0.6 is 11.3 Å². The minimum atomic E-state index is -0.968. The molecule has 2 N–H and O–H groups in total. The Kier molecular flexibility index (Phi) is 3.72. The van der Waals surface area contributed by atoms with Crippen LogP contribution in [0.4, 0.5) is 10.2 Å². The molecule has 3 rings (SSSR count). The van der Waals surface area contributed by atoms with Crippen molar-refractivity contribution < 1.29 is 14.3 Å². The van der Waals surface area contributed by atoms with Gasteiger partial charge in [-0.05, 0) is 30.2 Å². The van der Waals surface area contributed by atoms with E-state index in [2.05, 4.69) is 15.3 Å². The Labute approximate surface area is 129 Å². The monoisotopic (exact) mass is 317 g/mol. The molecule has 7 heteroatoms. The van der Waals surface area contributed by atoms with Crippen LogP contribution in [0, 0.1) is 12.7 Å². The fourth-order valence-electron chi connectivity index (χ4n) is 2.20. The number of carboxylic acid groups (broad SMARTS) is 1. The fourth-order valence-corrected chi connectivity index (χ4v) is 3.19. The topological polar surface area (TPSA) is 75.1 Å². The fraction of sp³-hybridized carbons (Fsp3) is 0.133. The van der Waals surface area contributed by atoms with E-state index in [-0.39, 0.29) is 10.7 Å². The molecule has 2 heterocycles. The zero-order valence-corrected chi connectivity index (χ0v) is 12.4. The van der Waals surface area contributed by atoms with Crippen molar-refractivity contribution in [3.63, 3.8) is 0 Å². The van der Waals surface area contributed by atoms with Gasteiger partial charge in [-0.1, -0.05) is 12.1 Å². The molecule has 0 aliphatic rings. The van der Waals surface area contributed by atoms with E-state index >= 15 is 0 Å². The average Bonchev–Trinajstić information content (AvgIpc) is 2.85. The number of carbonyl (C=O) groups is 1. The Morgan fingerprint density at radius 1 is 1.32 bits per heavy atom. The first-order chi connectivity index (χ1) is 10.6. The summed E-state index contributed by atoms with van der Waals surface area (Å²) < 4.78 is 12.9. The standard InChI is InChI=1S/C15H12FN3O2S/c1-8-11-13(17-6-9-2-4-10(16)5-3-9)18-7-19-14(11)22-12(8)15(20)21/h2-5,7H,6H2,1H3,(H,20,21)(H,17,18,19). The maximum Gasteiger partial charge on any atom is 0.346 e. The van der Waals surface area contributed by atoms with E-state index in [1.54, 1.807) is 19.1 Å². The second kappa shape index (κ2) is 5.69. The summed E-state index contributed by atoms with van der Waals surface area (Å²) in [6, 6.07) is 6.16. The van der Waals surface area contributed by atoms with Gasteiger partial charge in [0.15, 0.2) is 0 Å². The minimum Gasteiger partial charge on any atom is -0.477 e. The molecule has 0 bridgehead atoms. The van der Waals surface area contributed by atoms with Gasteiger partial charge in [-0.3, -0.25) is 0 Å². The Morgan fingerprint density at radius 2 is 2.05 bits per heavy atom. The van der Waals surface area contributed by atoms with Crippen LogP contribution in [0.3, 0.4) is 0 Å². The number of rotatable bonds is 4. The van der Waals surface area contributed by atoms with E-state index in [0.29, 0.717) is 28.1 Å². The Balaban J connectivity index is 1.93. The molecule has 2 aromatic heterocycles. The quantitative estimate of drug-likeness (QED) is 0.771. The molecule has 0 saturated heterocycles. The molecular formula is C15H12FN3O2S. The highest BCUT2D eigenvalue weighted by molar-refractivity contribution is 7.20. The molecule has 1 aromatic carbocycles. The lowest BCUT2D eigenvalue weighted by atomic mass is 10.2. The molecule has 22 heavy (non-hydrogen) atoms. The molecule has 0 spiro atoms. The summed E-state index contributed by atoms with van der Waals surface area (Å²) in [6.45, 7) is 2.21. The largest absolute Gasteiger partial charge is 0.477 e. The number of anilines is 1. The number of hydrogen-bond acceptors (Lipinski definition) is 5. The maximum absolute atomic E-state index is 12.9. The minimum absolute atomic E-state index is 0.264. The Morgan fingerprint density at radius 3 is 2.73 bits per heavy atom. The number of halogens is 1. The van der Waals surface area contributed by atoms with E-state index < -0.39 is 5.97 Å². The number of benzene rings is 1. The highest BCUT2D eigenvalue weighted by Crippen LogP contribution is 2.33. The third-order valence-electron chi connectivity index (χ3n) is 3.29. The zero-order chi connectivity index (χ0) is 15.7. The van der Waals surface area contributed by atoms with Crippen LogP contribution in [0.15, 0.2) is 30.6 Å². The number of aromatic carboxylic acids is 1. The van der Waals surface area contributed by atoms with Gasteiger partial charge in [0.25, 0.3) is 0 Å². The first-order valence-corrected chi connectivity index (χ1v) is 7.33. The van der Waals surface area contributed by atoms with Crippen molar-refractivity contribution in [1.82, 2.24) is 9.97 Å². The van der Waals surface area contributed by atoms with Gasteiger partial charge in [0.2, 0.25) is 0 Å². The van der Waals surface area contributed by atoms with Crippen molar-refractivity contribution in [1.29, 1.82) is 0 Å². The van der Waals surface area contributed by atoms with Gasteiger partial charge >= 0.3 is 5.97 Å². The summed E-state index contributed by atoms with van der Waals surface area (Å²) in [7, 11) is 0. The third kappa shape index (κ3) is 2.62. The molecule has 0 unspecified atom stereocenters. The number of nitrogens with one attached hydrogen (secondary N) is 1. The summed E-state index contributed by atoms with van der Waals surface area (Å²) in [4.78, 5) is 20.4. The van der Waals surface area contributed by atoms with E-state index in [9.17, 15) is 14.3 Å². The molecule has 0 saturated carbocycles. The highest BCUT2D eigenvalue weighted by atomic mass is 32.1. The van der Waals surface area contributed by atoms with Gasteiger partial charge in [0.1, 0.15) is 27.7 Å². The summed E-state index contributed by atoms with van der Waals surface area (Å²) in [5.41, 5.74) is 1.55. The van der Waals surface area contributed by atoms with Gasteiger partial charge in [-0.25, -0.2) is 19.2 Å². The number of aryl methyl sites for hydroxylation is 1. The lowest BCUT2D eigenvalue weighted by Crippen LogP contribution is -2.02. The van der Waals surface area contributed by atoms with Gasteiger partial charge < -0.3 is 10.4 Å². The predicted molar refractivity (Wildman–Crippen MR) is 82.8 cm³/mol. The van der Waals surface area contributed by atoms with Crippen molar-refractivity contribution >= 4 is 33.3 Å². The van der Waals surface area contributed by atoms with Crippen LogP contribution in [0.2, 0.25) is 0 Å². The Bertz CT molecular complexity index is 846. The smallest absolute Gasteiger partial charge is 0.346 e. The van der Waals surface area contributed by atoms with Crippen molar-refractivity contribution in [2.75, 3.05) is 5.32 Å². The Hall–Kier alpha value is -2.54. The second-order valence-electron chi connectivity index (χ2n) is 4.74. The number of aromatic nitrogens is 2. The van der Waals surface area contributed by atoms with Crippen molar-refractivity contribution in [3.8, 4) is 0 Å². The SMILES string of the molecule is Cc1c(C(=O)O)sc2ncnc(NCc3ccc(F)cc3)c12. The van der Waals surface area contributed by atoms with E-state index in [0.717, 1.165) is 16.9 Å². The number of fused-ring (bicyclic) bond motifs is 1. The summed E-state index contributed by atoms with van der Waals surface area (Å²) in [5.74, 6) is -0.673. The van der Waals surface area contributed by atoms with Crippen LogP contribution in [-0.2, 0) is 6.54 Å². The molecule has 5 nitrogen and oxygen atoms in total. The number of thiophene rings is 1. The molecule has 0 aliphatic carbocycles. The lowest BCUT2D eigenvalue weighted by molar-refractivity contribution is 0.0701. The van der Waals surface area contributed by atoms with E-state index in [1.807, 2.05) is 0 Å². The summed E-state index contributed by atoms with van der Waals surface area (Å²) >= 11 is 1.13. The van der Waals surface area contributed by atoms with Crippen molar-refractivity contribution in [3.05, 3.63) is 52.4 Å². The van der Waals surface area contributed by atoms with Gasteiger partial charge in [0.05, 0.1) is 5.39 Å². The van der Waals surface area contributed by atoms with E-state index in [1.165, 1.54) is 18.5 Å². The highest BCUT2D eigenvalue weighted by Gasteiger charge is 2.18. The molecule has 0 atom stereocenters. The molecule has 0 radical (unpaired) electrons. The van der Waals surface area contributed by atoms with Gasteiger partial charge in [-0.2, -0.15) is 0 Å². The normalized spacial score (nSPS) is 10.8. The summed E-state index contributed by atoms with van der Waals surface area (Å²) in [6.07, 6.45) is 1.40. The molecule has 3 aromatic rings. The molecule has 0 amide bonds. The van der Waals surface area contributed by atoms with Crippen molar-refractivity contribution in [2.24, 2.45) is 0 Å². The van der Waals surface area contributed by atoms with Crippen LogP contribution in [-0.4, -0.2) is 21.0 Å². The predicted octanol–water partition coefficient (Wildman–Crippen LogP) is 3.45. The van der Waals surface area contributed by atoms with Gasteiger partial charge in [-0.15, -0.1) is 11.3 Å². The zero-order valence-electron chi connectivity index (χ0n) is 11.6. The maximum atomic E-state index is 12.9. The van der Waals surface area contributed by atoms with Crippen LogP contribution in [0.5, 0.6) is 0 Å². The molecule has 112 valence electrons. The number of carboxylic acids is 1. The third-order valence-corrected chi connectivity index (χ3v) is 4.48. The number of nitrogens with zero attached hydrogens (tertiary/aromatic N) is 2. The van der Waals surface area contributed by atoms with Gasteiger partial charge in [0, 0.05) is 6.54 Å². The molecule has 0 aliphatic heterocycles. The van der Waals surface area contributed by atoms with Crippen LogP contribution < -0.4 is 5.32 Å². The molecule has 0 fully saturated rings. The van der Waals surface area contributed by atoms with Crippen LogP contribution in [0.25, 0.3) is 10.2 Å². The van der Waals surface area contributed by atoms with E-state index in [4.69, 9.17) is 0 Å². The van der Waals surface area contributed by atoms with Crippen molar-refractivity contribution in [2.45, 2.75) is 13.5 Å². The first-order valence-electron chi connectivity index (χ1n) is 6.52. The lowest BCUT2D eigenvalue weighted by Gasteiger charge is -2.07. The second-order valence-corrected chi connectivity index (χ2v) is 5.74.